The number of aryl methyl sites for hydroxylation is 1. The minimum Gasteiger partial charge on any atom is -0.435 e. The average Bonchev–Trinajstić information content (AvgIpc) is 2.74. The number of nitrogens with zero attached hydrogens (tertiary/aromatic N) is 3. The number of hydrogen-bond acceptors (Lipinski definition) is 4. The van der Waals surface area contributed by atoms with Gasteiger partial charge in [0, 0.05) is 5.69 Å². The zero-order valence-corrected chi connectivity index (χ0v) is 11.1. The van der Waals surface area contributed by atoms with Crippen LogP contribution in [0.5, 0.6) is 5.75 Å². The van der Waals surface area contributed by atoms with Gasteiger partial charge in [-0.25, -0.2) is 9.97 Å². The van der Waals surface area contributed by atoms with Gasteiger partial charge in [-0.1, -0.05) is 0 Å². The summed E-state index contributed by atoms with van der Waals surface area (Å²) in [5.41, 5.74) is 8.72. The lowest BCUT2D eigenvalue weighted by molar-refractivity contribution is -0.0498. The van der Waals surface area contributed by atoms with Gasteiger partial charge in [0.25, 0.3) is 0 Å². The van der Waals surface area contributed by atoms with Gasteiger partial charge in [0.2, 0.25) is 5.95 Å². The summed E-state index contributed by atoms with van der Waals surface area (Å²) in [4.78, 5) is 8.64. The summed E-state index contributed by atoms with van der Waals surface area (Å²) >= 11 is 0. The van der Waals surface area contributed by atoms with Crippen LogP contribution in [0.15, 0.2) is 36.4 Å². The standard InChI is InChI=1S/C14H12F2N4O/c1-8-2-7-11-12(18-8)20(14(17)19-11)9-3-5-10(6-4-9)21-13(15)16/h2-7,13H,1H3,(H2,17,19). The highest BCUT2D eigenvalue weighted by molar-refractivity contribution is 5.77. The van der Waals surface area contributed by atoms with Crippen molar-refractivity contribution < 1.29 is 13.5 Å². The van der Waals surface area contributed by atoms with Crippen molar-refractivity contribution in [2.75, 3.05) is 5.73 Å². The van der Waals surface area contributed by atoms with Gasteiger partial charge < -0.3 is 10.5 Å². The first-order chi connectivity index (χ1) is 10.0. The van der Waals surface area contributed by atoms with Gasteiger partial charge in [0.15, 0.2) is 5.65 Å². The van der Waals surface area contributed by atoms with Gasteiger partial charge in [0.1, 0.15) is 11.3 Å². The van der Waals surface area contributed by atoms with Crippen molar-refractivity contribution in [2.24, 2.45) is 0 Å². The maximum atomic E-state index is 12.1. The molecule has 0 unspecified atom stereocenters. The number of anilines is 1. The van der Waals surface area contributed by atoms with Crippen LogP contribution in [0.25, 0.3) is 16.9 Å². The summed E-state index contributed by atoms with van der Waals surface area (Å²) in [5, 5.41) is 0. The van der Waals surface area contributed by atoms with Gasteiger partial charge in [-0.05, 0) is 43.3 Å². The number of nitrogen functional groups attached to an aromatic ring is 1. The number of pyridine rings is 1. The van der Waals surface area contributed by atoms with Crippen LogP contribution in [0.3, 0.4) is 0 Å². The van der Waals surface area contributed by atoms with Gasteiger partial charge >= 0.3 is 6.61 Å². The Balaban J connectivity index is 2.07. The van der Waals surface area contributed by atoms with E-state index >= 15 is 0 Å². The van der Waals surface area contributed by atoms with Crippen molar-refractivity contribution in [1.29, 1.82) is 0 Å². The number of rotatable bonds is 3. The van der Waals surface area contributed by atoms with Crippen LogP contribution in [0.2, 0.25) is 0 Å². The molecule has 0 bridgehead atoms. The van der Waals surface area contributed by atoms with Gasteiger partial charge in [-0.3, -0.25) is 4.57 Å². The zero-order valence-electron chi connectivity index (χ0n) is 11.1. The minimum absolute atomic E-state index is 0.0842. The Kier molecular flexibility index (Phi) is 3.17. The monoisotopic (exact) mass is 290 g/mol. The highest BCUT2D eigenvalue weighted by Crippen LogP contribution is 2.24. The molecule has 2 N–H and O–H groups in total. The lowest BCUT2D eigenvalue weighted by Crippen LogP contribution is -2.04. The number of imidazole rings is 1. The van der Waals surface area contributed by atoms with E-state index in [4.69, 9.17) is 5.73 Å². The fourth-order valence-electron chi connectivity index (χ4n) is 2.10. The lowest BCUT2D eigenvalue weighted by atomic mass is 10.3. The predicted molar refractivity (Wildman–Crippen MR) is 74.6 cm³/mol. The van der Waals surface area contributed by atoms with Crippen molar-refractivity contribution in [3.8, 4) is 11.4 Å². The molecule has 0 aliphatic heterocycles. The largest absolute Gasteiger partial charge is 0.435 e. The molecule has 3 rings (SSSR count). The number of halogens is 2. The Hall–Kier alpha value is -2.70. The van der Waals surface area contributed by atoms with E-state index in [9.17, 15) is 8.78 Å². The van der Waals surface area contributed by atoms with Gasteiger partial charge in [-0.15, -0.1) is 0 Å². The molecule has 0 atom stereocenters. The summed E-state index contributed by atoms with van der Waals surface area (Å²) in [6.45, 7) is -0.980. The normalized spacial score (nSPS) is 11.2. The average molecular weight is 290 g/mol. The molecule has 0 saturated heterocycles. The molecule has 1 aromatic carbocycles. The Morgan fingerprint density at radius 3 is 2.48 bits per heavy atom. The fraction of sp³-hybridized carbons (Fsp3) is 0.143. The van der Waals surface area contributed by atoms with E-state index in [1.807, 2.05) is 19.1 Å². The molecule has 0 spiro atoms. The van der Waals surface area contributed by atoms with Crippen LogP contribution < -0.4 is 10.5 Å². The summed E-state index contributed by atoms with van der Waals surface area (Å²) in [6, 6.07) is 9.82. The Morgan fingerprint density at radius 1 is 1.10 bits per heavy atom. The number of ether oxygens (including phenoxy) is 1. The van der Waals surface area contributed by atoms with Crippen LogP contribution in [0.4, 0.5) is 14.7 Å². The van der Waals surface area contributed by atoms with Crippen LogP contribution >= 0.6 is 0 Å². The zero-order chi connectivity index (χ0) is 15.0. The van der Waals surface area contributed by atoms with Crippen LogP contribution in [-0.2, 0) is 0 Å². The number of nitrogens with two attached hydrogens (primary N) is 1. The smallest absolute Gasteiger partial charge is 0.387 e. The summed E-state index contributed by atoms with van der Waals surface area (Å²) in [6.07, 6.45) is 0. The first-order valence-electron chi connectivity index (χ1n) is 6.21. The summed E-state index contributed by atoms with van der Waals surface area (Å²) < 4.78 is 30.3. The van der Waals surface area contributed by atoms with Crippen LogP contribution in [0, 0.1) is 6.92 Å². The minimum atomic E-state index is -2.85. The molecule has 2 aromatic heterocycles. The molecule has 21 heavy (non-hydrogen) atoms. The van der Waals surface area contributed by atoms with Crippen molar-refractivity contribution in [1.82, 2.24) is 14.5 Å². The molecule has 3 aromatic rings. The van der Waals surface area contributed by atoms with E-state index in [-0.39, 0.29) is 11.7 Å². The molecule has 0 fully saturated rings. The van der Waals surface area contributed by atoms with Gasteiger partial charge in [0.05, 0.1) is 5.69 Å². The van der Waals surface area contributed by atoms with Gasteiger partial charge in [-0.2, -0.15) is 8.78 Å². The molecular formula is C14H12F2N4O. The van der Waals surface area contributed by atoms with Crippen molar-refractivity contribution in [3.63, 3.8) is 0 Å². The molecular weight excluding hydrogens is 278 g/mol. The highest BCUT2D eigenvalue weighted by atomic mass is 19.3. The molecule has 0 amide bonds. The van der Waals surface area contributed by atoms with E-state index in [0.717, 1.165) is 5.69 Å². The number of aromatic nitrogens is 3. The van der Waals surface area contributed by atoms with Crippen LogP contribution in [0.1, 0.15) is 5.69 Å². The second-order valence-corrected chi connectivity index (χ2v) is 4.47. The van der Waals surface area contributed by atoms with Crippen molar-refractivity contribution in [2.45, 2.75) is 13.5 Å². The van der Waals surface area contributed by atoms with Crippen molar-refractivity contribution >= 4 is 17.1 Å². The molecule has 7 heteroatoms. The van der Waals surface area contributed by atoms with E-state index < -0.39 is 6.61 Å². The SMILES string of the molecule is Cc1ccc2nc(N)n(-c3ccc(OC(F)F)cc3)c2n1. The topological polar surface area (TPSA) is 66.0 Å². The molecule has 0 aliphatic rings. The maximum absolute atomic E-state index is 12.1. The fourth-order valence-corrected chi connectivity index (χ4v) is 2.10. The quantitative estimate of drug-likeness (QED) is 0.805. The number of hydrogen-bond donors (Lipinski definition) is 1. The Bertz CT molecular complexity index is 784. The summed E-state index contributed by atoms with van der Waals surface area (Å²) in [7, 11) is 0. The van der Waals surface area contributed by atoms with E-state index in [1.54, 1.807) is 16.7 Å². The van der Waals surface area contributed by atoms with E-state index in [1.165, 1.54) is 12.1 Å². The lowest BCUT2D eigenvalue weighted by Gasteiger charge is -2.08. The molecule has 0 saturated carbocycles. The number of benzene rings is 1. The Morgan fingerprint density at radius 2 is 1.81 bits per heavy atom. The Labute approximate surface area is 119 Å². The van der Waals surface area contributed by atoms with Crippen molar-refractivity contribution in [3.05, 3.63) is 42.1 Å². The third-order valence-corrected chi connectivity index (χ3v) is 2.99. The maximum Gasteiger partial charge on any atom is 0.387 e. The molecule has 2 heterocycles. The second kappa shape index (κ2) is 5.01. The molecule has 108 valence electrons. The molecule has 0 aliphatic carbocycles. The second-order valence-electron chi connectivity index (χ2n) is 4.47. The number of alkyl halides is 2. The first-order valence-corrected chi connectivity index (χ1v) is 6.21. The third kappa shape index (κ3) is 2.49. The van der Waals surface area contributed by atoms with E-state index in [2.05, 4.69) is 14.7 Å². The highest BCUT2D eigenvalue weighted by Gasteiger charge is 2.12. The molecule has 5 nitrogen and oxygen atoms in total. The predicted octanol–water partition coefficient (Wildman–Crippen LogP) is 2.91. The first kappa shape index (κ1) is 13.3. The summed E-state index contributed by atoms with van der Waals surface area (Å²) in [5.74, 6) is 0.367. The van der Waals surface area contributed by atoms with E-state index in [0.29, 0.717) is 16.9 Å². The number of fused-ring (bicyclic) bond motifs is 1. The third-order valence-electron chi connectivity index (χ3n) is 2.99. The molecule has 0 radical (unpaired) electrons. The van der Waals surface area contributed by atoms with Crippen LogP contribution in [-0.4, -0.2) is 21.1 Å².